The average molecular weight is 304 g/mol. The number of likely N-dealkylation sites (N-methyl/N-ethyl adjacent to an activating group) is 1. The highest BCUT2D eigenvalue weighted by Crippen LogP contribution is 2.26. The summed E-state index contributed by atoms with van der Waals surface area (Å²) in [6, 6.07) is 6.26. The number of aliphatic hydroxyl groups is 1. The molecular formula is C13H18F2N2O2S. The first-order valence-electron chi connectivity index (χ1n) is 6.23. The maximum Gasteiger partial charge on any atom is 0.288 e. The van der Waals surface area contributed by atoms with E-state index >= 15 is 0 Å². The second-order valence-corrected chi connectivity index (χ2v) is 5.11. The van der Waals surface area contributed by atoms with Crippen molar-refractivity contribution in [2.24, 2.45) is 0 Å². The molecule has 4 nitrogen and oxygen atoms in total. The number of carbonyl (C=O) groups excluding carboxylic acids is 1. The van der Waals surface area contributed by atoms with Gasteiger partial charge in [0.25, 0.3) is 5.76 Å². The third-order valence-electron chi connectivity index (χ3n) is 2.59. The SMILES string of the molecule is CCN(CCO)CC(=O)Nc1ccc(SC(F)F)cc1. The van der Waals surface area contributed by atoms with Gasteiger partial charge in [0.1, 0.15) is 0 Å². The van der Waals surface area contributed by atoms with Crippen LogP contribution in [-0.2, 0) is 4.79 Å². The largest absolute Gasteiger partial charge is 0.395 e. The zero-order valence-corrected chi connectivity index (χ0v) is 12.0. The van der Waals surface area contributed by atoms with Gasteiger partial charge in [-0.2, -0.15) is 8.78 Å². The van der Waals surface area contributed by atoms with E-state index < -0.39 is 5.76 Å². The summed E-state index contributed by atoms with van der Waals surface area (Å²) in [7, 11) is 0. The van der Waals surface area contributed by atoms with Crippen molar-refractivity contribution < 1.29 is 18.7 Å². The zero-order chi connectivity index (χ0) is 15.0. The second kappa shape index (κ2) is 8.89. The predicted octanol–water partition coefficient (Wildman–Crippen LogP) is 2.25. The molecule has 0 saturated carbocycles. The highest BCUT2D eigenvalue weighted by molar-refractivity contribution is 7.99. The fourth-order valence-electron chi connectivity index (χ4n) is 1.61. The molecule has 0 bridgehead atoms. The third kappa shape index (κ3) is 6.31. The average Bonchev–Trinajstić information content (AvgIpc) is 2.40. The number of thioether (sulfide) groups is 1. The number of rotatable bonds is 8. The van der Waals surface area contributed by atoms with Gasteiger partial charge in [0.2, 0.25) is 5.91 Å². The van der Waals surface area contributed by atoms with Crippen molar-refractivity contribution in [2.75, 3.05) is 31.6 Å². The number of amides is 1. The van der Waals surface area contributed by atoms with Crippen molar-refractivity contribution in [2.45, 2.75) is 17.6 Å². The molecule has 1 aromatic carbocycles. The van der Waals surface area contributed by atoms with Crippen LogP contribution in [0.2, 0.25) is 0 Å². The minimum atomic E-state index is -2.45. The van der Waals surface area contributed by atoms with E-state index in [0.717, 1.165) is 0 Å². The summed E-state index contributed by atoms with van der Waals surface area (Å²) >= 11 is 0.465. The Labute approximate surface area is 121 Å². The summed E-state index contributed by atoms with van der Waals surface area (Å²) in [5.41, 5.74) is 0.564. The highest BCUT2D eigenvalue weighted by Gasteiger charge is 2.09. The van der Waals surface area contributed by atoms with Crippen molar-refractivity contribution in [3.8, 4) is 0 Å². The second-order valence-electron chi connectivity index (χ2n) is 4.04. The van der Waals surface area contributed by atoms with Gasteiger partial charge >= 0.3 is 0 Å². The maximum absolute atomic E-state index is 12.2. The first kappa shape index (κ1) is 16.9. The number of nitrogens with zero attached hydrogens (tertiary/aromatic N) is 1. The van der Waals surface area contributed by atoms with Gasteiger partial charge in [0.15, 0.2) is 0 Å². The van der Waals surface area contributed by atoms with Crippen LogP contribution in [0.1, 0.15) is 6.92 Å². The molecule has 20 heavy (non-hydrogen) atoms. The molecule has 1 aromatic rings. The molecule has 7 heteroatoms. The fourth-order valence-corrected chi connectivity index (χ4v) is 2.11. The number of benzene rings is 1. The standard InChI is InChI=1S/C13H18F2N2O2S/c1-2-17(7-8-18)9-12(19)16-10-3-5-11(6-4-10)20-13(14)15/h3-6,13,18H,2,7-9H2,1H3,(H,16,19). The number of anilines is 1. The molecule has 1 amide bonds. The van der Waals surface area contributed by atoms with E-state index in [0.29, 0.717) is 35.4 Å². The topological polar surface area (TPSA) is 52.6 Å². The summed E-state index contributed by atoms with van der Waals surface area (Å²) in [6.07, 6.45) is 0. The molecule has 0 aliphatic rings. The Morgan fingerprint density at radius 3 is 2.55 bits per heavy atom. The molecule has 0 fully saturated rings. The molecule has 2 N–H and O–H groups in total. The van der Waals surface area contributed by atoms with Crippen LogP contribution >= 0.6 is 11.8 Å². The van der Waals surface area contributed by atoms with Gasteiger partial charge in [-0.05, 0) is 30.8 Å². The lowest BCUT2D eigenvalue weighted by atomic mass is 10.3. The fraction of sp³-hybridized carbons (Fsp3) is 0.462. The number of aliphatic hydroxyl groups excluding tert-OH is 1. The van der Waals surface area contributed by atoms with Gasteiger partial charge in [-0.15, -0.1) is 0 Å². The Kier molecular flexibility index (Phi) is 7.50. The van der Waals surface area contributed by atoms with E-state index in [1.54, 1.807) is 17.0 Å². The Balaban J connectivity index is 2.49. The van der Waals surface area contributed by atoms with Gasteiger partial charge < -0.3 is 10.4 Å². The number of alkyl halides is 2. The summed E-state index contributed by atoms with van der Waals surface area (Å²) < 4.78 is 24.3. The van der Waals surface area contributed by atoms with Gasteiger partial charge in [-0.1, -0.05) is 18.7 Å². The lowest BCUT2D eigenvalue weighted by Crippen LogP contribution is -2.35. The lowest BCUT2D eigenvalue weighted by Gasteiger charge is -2.18. The van der Waals surface area contributed by atoms with Crippen LogP contribution < -0.4 is 5.32 Å². The van der Waals surface area contributed by atoms with E-state index in [9.17, 15) is 13.6 Å². The van der Waals surface area contributed by atoms with E-state index in [1.807, 2.05) is 6.92 Å². The molecule has 112 valence electrons. The van der Waals surface area contributed by atoms with Crippen molar-refractivity contribution in [1.29, 1.82) is 0 Å². The Morgan fingerprint density at radius 1 is 1.40 bits per heavy atom. The molecule has 0 aliphatic carbocycles. The highest BCUT2D eigenvalue weighted by atomic mass is 32.2. The minimum absolute atomic E-state index is 0.000663. The van der Waals surface area contributed by atoms with Gasteiger partial charge in [-0.3, -0.25) is 9.69 Å². The van der Waals surface area contributed by atoms with Crippen LogP contribution in [0.3, 0.4) is 0 Å². The van der Waals surface area contributed by atoms with Crippen molar-refractivity contribution in [1.82, 2.24) is 4.90 Å². The molecule has 0 atom stereocenters. The molecule has 0 saturated heterocycles. The molecular weight excluding hydrogens is 286 g/mol. The first-order chi connectivity index (χ1) is 9.55. The third-order valence-corrected chi connectivity index (χ3v) is 3.32. The maximum atomic E-state index is 12.2. The van der Waals surface area contributed by atoms with Crippen LogP contribution in [0.25, 0.3) is 0 Å². The van der Waals surface area contributed by atoms with Crippen LogP contribution in [0.15, 0.2) is 29.2 Å². The van der Waals surface area contributed by atoms with Crippen LogP contribution in [0.5, 0.6) is 0 Å². The number of halogens is 2. The molecule has 0 spiro atoms. The molecule has 1 rings (SSSR count). The quantitative estimate of drug-likeness (QED) is 0.723. The molecule has 0 radical (unpaired) electrons. The van der Waals surface area contributed by atoms with Gasteiger partial charge in [0, 0.05) is 17.1 Å². The Morgan fingerprint density at radius 2 is 2.05 bits per heavy atom. The van der Waals surface area contributed by atoms with Crippen LogP contribution in [0, 0.1) is 0 Å². The molecule has 0 heterocycles. The van der Waals surface area contributed by atoms with E-state index in [-0.39, 0.29) is 19.1 Å². The van der Waals surface area contributed by atoms with E-state index in [4.69, 9.17) is 5.11 Å². The molecule has 0 aromatic heterocycles. The number of hydrogen-bond acceptors (Lipinski definition) is 4. The van der Waals surface area contributed by atoms with E-state index in [1.165, 1.54) is 12.1 Å². The number of carbonyl (C=O) groups is 1. The molecule has 0 unspecified atom stereocenters. The Hall–Kier alpha value is -1.18. The van der Waals surface area contributed by atoms with Crippen molar-refractivity contribution in [3.63, 3.8) is 0 Å². The lowest BCUT2D eigenvalue weighted by molar-refractivity contribution is -0.117. The minimum Gasteiger partial charge on any atom is -0.395 e. The zero-order valence-electron chi connectivity index (χ0n) is 11.2. The normalized spacial score (nSPS) is 11.1. The Bertz CT molecular complexity index is 415. The van der Waals surface area contributed by atoms with E-state index in [2.05, 4.69) is 5.32 Å². The summed E-state index contributed by atoms with van der Waals surface area (Å²) in [4.78, 5) is 14.0. The van der Waals surface area contributed by atoms with Crippen LogP contribution in [-0.4, -0.2) is 47.9 Å². The van der Waals surface area contributed by atoms with Gasteiger partial charge in [0.05, 0.1) is 13.2 Å². The number of hydrogen-bond donors (Lipinski definition) is 2. The van der Waals surface area contributed by atoms with Crippen LogP contribution in [0.4, 0.5) is 14.5 Å². The number of nitrogens with one attached hydrogen (secondary N) is 1. The van der Waals surface area contributed by atoms with Crippen molar-refractivity contribution in [3.05, 3.63) is 24.3 Å². The summed E-state index contributed by atoms with van der Waals surface area (Å²) in [6.45, 7) is 3.19. The molecule has 0 aliphatic heterocycles. The van der Waals surface area contributed by atoms with Gasteiger partial charge in [-0.25, -0.2) is 0 Å². The monoisotopic (exact) mass is 304 g/mol. The predicted molar refractivity (Wildman–Crippen MR) is 76.1 cm³/mol. The smallest absolute Gasteiger partial charge is 0.288 e. The van der Waals surface area contributed by atoms with Crippen molar-refractivity contribution >= 4 is 23.4 Å². The first-order valence-corrected chi connectivity index (χ1v) is 7.11. The summed E-state index contributed by atoms with van der Waals surface area (Å²) in [5.74, 6) is -2.65. The summed E-state index contributed by atoms with van der Waals surface area (Å²) in [5, 5.41) is 11.5.